The first-order valence-electron chi connectivity index (χ1n) is 7.44. The fraction of sp³-hybridized carbons (Fsp3) is 0.600. The Kier molecular flexibility index (Phi) is 5.80. The van der Waals surface area contributed by atoms with Crippen molar-refractivity contribution in [3.05, 3.63) is 30.6 Å². The van der Waals surface area contributed by atoms with Gasteiger partial charge in [-0.3, -0.25) is 0 Å². The minimum Gasteiger partial charge on any atom is -0.383 e. The average molecular weight is 291 g/mol. The molecule has 0 bridgehead atoms. The van der Waals surface area contributed by atoms with Crippen molar-refractivity contribution in [1.82, 2.24) is 19.1 Å². The van der Waals surface area contributed by atoms with Crippen molar-refractivity contribution >= 4 is 5.95 Å². The molecule has 6 nitrogen and oxygen atoms in total. The van der Waals surface area contributed by atoms with Crippen LogP contribution in [0.1, 0.15) is 31.5 Å². The standard InChI is InChI=1S/C15H25N5O/c1-13-10-20(14(2)11-21-3)15(18-13)17-6-4-5-8-19-9-7-16-12-19/h7,9-10,12,14H,4-6,8,11H2,1-3H3,(H,17,18). The van der Waals surface area contributed by atoms with Crippen molar-refractivity contribution < 1.29 is 4.74 Å². The fourth-order valence-electron chi connectivity index (χ4n) is 2.34. The number of hydrogen-bond donors (Lipinski definition) is 1. The summed E-state index contributed by atoms with van der Waals surface area (Å²) in [6, 6.07) is 0.282. The Morgan fingerprint density at radius 2 is 2.24 bits per heavy atom. The summed E-state index contributed by atoms with van der Waals surface area (Å²) in [5.41, 5.74) is 1.03. The lowest BCUT2D eigenvalue weighted by Gasteiger charge is -2.16. The van der Waals surface area contributed by atoms with Gasteiger partial charge in [0, 0.05) is 38.8 Å². The Morgan fingerprint density at radius 1 is 1.38 bits per heavy atom. The third-order valence-electron chi connectivity index (χ3n) is 3.42. The summed E-state index contributed by atoms with van der Waals surface area (Å²) >= 11 is 0. The van der Waals surface area contributed by atoms with Gasteiger partial charge in [-0.15, -0.1) is 0 Å². The summed E-state index contributed by atoms with van der Waals surface area (Å²) < 4.78 is 9.47. The van der Waals surface area contributed by atoms with E-state index in [0.29, 0.717) is 6.61 Å². The molecule has 6 heteroatoms. The number of anilines is 1. The van der Waals surface area contributed by atoms with E-state index in [9.17, 15) is 0 Å². The van der Waals surface area contributed by atoms with Crippen LogP contribution in [0, 0.1) is 6.92 Å². The zero-order valence-electron chi connectivity index (χ0n) is 13.1. The quantitative estimate of drug-likeness (QED) is 0.721. The number of imidazole rings is 2. The van der Waals surface area contributed by atoms with Crippen molar-refractivity contribution in [2.45, 2.75) is 39.3 Å². The fourth-order valence-corrected chi connectivity index (χ4v) is 2.34. The second-order valence-electron chi connectivity index (χ2n) is 5.35. The predicted molar refractivity (Wildman–Crippen MR) is 83.5 cm³/mol. The first-order valence-corrected chi connectivity index (χ1v) is 7.44. The maximum absolute atomic E-state index is 5.22. The van der Waals surface area contributed by atoms with Crippen LogP contribution in [-0.4, -0.2) is 39.4 Å². The minimum atomic E-state index is 0.282. The highest BCUT2D eigenvalue weighted by Gasteiger charge is 2.11. The summed E-state index contributed by atoms with van der Waals surface area (Å²) in [5.74, 6) is 0.930. The first kappa shape index (κ1) is 15.6. The van der Waals surface area contributed by atoms with Crippen LogP contribution in [0.4, 0.5) is 5.95 Å². The van der Waals surface area contributed by atoms with Gasteiger partial charge in [-0.05, 0) is 26.7 Å². The second kappa shape index (κ2) is 7.83. The number of aromatic nitrogens is 4. The molecule has 2 aromatic heterocycles. The molecule has 0 saturated carbocycles. The van der Waals surface area contributed by atoms with Gasteiger partial charge in [-0.2, -0.15) is 0 Å². The van der Waals surface area contributed by atoms with Crippen molar-refractivity contribution in [3.8, 4) is 0 Å². The Morgan fingerprint density at radius 3 is 2.95 bits per heavy atom. The molecule has 0 saturated heterocycles. The topological polar surface area (TPSA) is 56.9 Å². The number of nitrogens with zero attached hydrogens (tertiary/aromatic N) is 4. The first-order chi connectivity index (χ1) is 10.2. The highest BCUT2D eigenvalue weighted by atomic mass is 16.5. The van der Waals surface area contributed by atoms with Gasteiger partial charge in [0.2, 0.25) is 5.95 Å². The van der Waals surface area contributed by atoms with Crippen molar-refractivity contribution in [3.63, 3.8) is 0 Å². The van der Waals surface area contributed by atoms with Crippen LogP contribution in [0.3, 0.4) is 0 Å². The number of unbranched alkanes of at least 4 members (excludes halogenated alkanes) is 1. The molecule has 0 radical (unpaired) electrons. The molecule has 116 valence electrons. The average Bonchev–Trinajstić information content (AvgIpc) is 3.08. The smallest absolute Gasteiger partial charge is 0.203 e. The molecule has 0 aliphatic rings. The third-order valence-corrected chi connectivity index (χ3v) is 3.42. The number of aryl methyl sites for hydroxylation is 2. The molecular formula is C15H25N5O. The number of ether oxygens (including phenoxy) is 1. The molecule has 1 unspecified atom stereocenters. The van der Waals surface area contributed by atoms with Crippen LogP contribution in [0.15, 0.2) is 24.9 Å². The van der Waals surface area contributed by atoms with Gasteiger partial charge in [0.05, 0.1) is 24.7 Å². The van der Waals surface area contributed by atoms with Crippen LogP contribution in [0.2, 0.25) is 0 Å². The van der Waals surface area contributed by atoms with E-state index in [1.165, 1.54) is 0 Å². The molecule has 0 amide bonds. The van der Waals surface area contributed by atoms with E-state index >= 15 is 0 Å². The summed E-state index contributed by atoms with van der Waals surface area (Å²) in [6.07, 6.45) is 9.96. The lowest BCUT2D eigenvalue weighted by atomic mass is 10.3. The van der Waals surface area contributed by atoms with Gasteiger partial charge < -0.3 is 19.2 Å². The molecular weight excluding hydrogens is 266 g/mol. The summed E-state index contributed by atoms with van der Waals surface area (Å²) in [4.78, 5) is 8.58. The van der Waals surface area contributed by atoms with Crippen LogP contribution in [0.25, 0.3) is 0 Å². The van der Waals surface area contributed by atoms with Crippen LogP contribution < -0.4 is 5.32 Å². The molecule has 1 atom stereocenters. The Bertz CT molecular complexity index is 520. The SMILES string of the molecule is COCC(C)n1cc(C)nc1NCCCCn1ccnc1. The Hall–Kier alpha value is -1.82. The van der Waals surface area contributed by atoms with E-state index in [4.69, 9.17) is 4.74 Å². The van der Waals surface area contributed by atoms with E-state index in [1.807, 2.05) is 25.6 Å². The van der Waals surface area contributed by atoms with Crippen molar-refractivity contribution in [2.24, 2.45) is 0 Å². The Balaban J connectivity index is 1.77. The maximum atomic E-state index is 5.22. The highest BCUT2D eigenvalue weighted by Crippen LogP contribution is 2.16. The number of rotatable bonds is 9. The van der Waals surface area contributed by atoms with Gasteiger partial charge >= 0.3 is 0 Å². The molecule has 0 aliphatic heterocycles. The van der Waals surface area contributed by atoms with E-state index in [1.54, 1.807) is 7.11 Å². The van der Waals surface area contributed by atoms with E-state index in [0.717, 1.165) is 37.6 Å². The molecule has 0 fully saturated rings. The zero-order chi connectivity index (χ0) is 15.1. The van der Waals surface area contributed by atoms with E-state index in [2.05, 4.69) is 37.5 Å². The minimum absolute atomic E-state index is 0.282. The van der Waals surface area contributed by atoms with Gasteiger partial charge in [0.15, 0.2) is 0 Å². The van der Waals surface area contributed by atoms with Gasteiger partial charge in [-0.25, -0.2) is 9.97 Å². The van der Waals surface area contributed by atoms with Gasteiger partial charge in [0.1, 0.15) is 0 Å². The van der Waals surface area contributed by atoms with E-state index < -0.39 is 0 Å². The molecule has 0 aromatic carbocycles. The summed E-state index contributed by atoms with van der Waals surface area (Å²) in [7, 11) is 1.73. The van der Waals surface area contributed by atoms with Gasteiger partial charge in [-0.1, -0.05) is 0 Å². The number of nitrogens with one attached hydrogen (secondary N) is 1. The monoisotopic (exact) mass is 291 g/mol. The molecule has 21 heavy (non-hydrogen) atoms. The van der Waals surface area contributed by atoms with Crippen LogP contribution >= 0.6 is 0 Å². The van der Waals surface area contributed by atoms with Crippen LogP contribution in [-0.2, 0) is 11.3 Å². The van der Waals surface area contributed by atoms with Gasteiger partial charge in [0.25, 0.3) is 0 Å². The molecule has 2 heterocycles. The normalized spacial score (nSPS) is 12.5. The third kappa shape index (κ3) is 4.60. The number of methoxy groups -OCH3 is 1. The Labute approximate surface area is 126 Å². The summed E-state index contributed by atoms with van der Waals surface area (Å²) in [5, 5.41) is 3.42. The predicted octanol–water partition coefficient (Wildman–Crippen LogP) is 2.49. The lowest BCUT2D eigenvalue weighted by Crippen LogP contribution is -2.15. The summed E-state index contributed by atoms with van der Waals surface area (Å²) in [6.45, 7) is 6.76. The molecule has 1 N–H and O–H groups in total. The van der Waals surface area contributed by atoms with E-state index in [-0.39, 0.29) is 6.04 Å². The molecule has 2 rings (SSSR count). The lowest BCUT2D eigenvalue weighted by molar-refractivity contribution is 0.163. The van der Waals surface area contributed by atoms with Crippen molar-refractivity contribution in [1.29, 1.82) is 0 Å². The molecule has 0 spiro atoms. The second-order valence-corrected chi connectivity index (χ2v) is 5.35. The van der Waals surface area contributed by atoms with Crippen molar-refractivity contribution in [2.75, 3.05) is 25.6 Å². The van der Waals surface area contributed by atoms with Crippen LogP contribution in [0.5, 0.6) is 0 Å². The zero-order valence-corrected chi connectivity index (χ0v) is 13.1. The number of hydrogen-bond acceptors (Lipinski definition) is 4. The molecule has 0 aliphatic carbocycles. The maximum Gasteiger partial charge on any atom is 0.203 e. The molecule has 2 aromatic rings. The largest absolute Gasteiger partial charge is 0.383 e. The highest BCUT2D eigenvalue weighted by molar-refractivity contribution is 5.29.